The van der Waals surface area contributed by atoms with Gasteiger partial charge in [0, 0.05) is 31.0 Å². The quantitative estimate of drug-likeness (QED) is 0.661. The largest absolute Gasteiger partial charge is 0.497 e. The summed E-state index contributed by atoms with van der Waals surface area (Å²) >= 11 is 0. The van der Waals surface area contributed by atoms with Crippen LogP contribution in [0.25, 0.3) is 0 Å². The van der Waals surface area contributed by atoms with Gasteiger partial charge in [0.15, 0.2) is 5.76 Å². The minimum absolute atomic E-state index is 0.0237. The van der Waals surface area contributed by atoms with E-state index in [1.165, 1.54) is 6.26 Å². The molecule has 154 valence electrons. The van der Waals surface area contributed by atoms with E-state index in [1.54, 1.807) is 36.3 Å². The fourth-order valence-electron chi connectivity index (χ4n) is 3.44. The molecule has 2 heterocycles. The number of furan rings is 1. The van der Waals surface area contributed by atoms with Crippen LogP contribution in [-0.4, -0.2) is 37.0 Å². The number of nitrogens with one attached hydrogen (secondary N) is 1. The maximum absolute atomic E-state index is 13.0. The second-order valence-electron chi connectivity index (χ2n) is 7.04. The molecule has 0 saturated carbocycles. The molecule has 0 aliphatic carbocycles. The molecule has 3 amide bonds. The molecule has 2 aromatic carbocycles. The number of carbonyl (C=O) groups excluding carboxylic acids is 2. The molecule has 7 nitrogen and oxygen atoms in total. The molecule has 1 saturated heterocycles. The van der Waals surface area contributed by atoms with E-state index in [0.717, 1.165) is 30.0 Å². The minimum atomic E-state index is -0.313. The number of amides is 3. The predicted molar refractivity (Wildman–Crippen MR) is 114 cm³/mol. The summed E-state index contributed by atoms with van der Waals surface area (Å²) in [4.78, 5) is 28.7. The van der Waals surface area contributed by atoms with Crippen LogP contribution in [0.4, 0.5) is 16.2 Å². The number of ether oxygens (including phenoxy) is 1. The maximum Gasteiger partial charge on any atom is 0.324 e. The number of methoxy groups -OCH3 is 1. The van der Waals surface area contributed by atoms with E-state index in [9.17, 15) is 9.59 Å². The molecule has 1 N–H and O–H groups in total. The average molecular weight is 405 g/mol. The summed E-state index contributed by atoms with van der Waals surface area (Å²) in [6, 6.07) is 18.2. The monoisotopic (exact) mass is 405 g/mol. The van der Waals surface area contributed by atoms with Crippen molar-refractivity contribution >= 4 is 23.3 Å². The van der Waals surface area contributed by atoms with Crippen LogP contribution < -0.4 is 15.0 Å². The lowest BCUT2D eigenvalue weighted by atomic mass is 10.1. The number of hydrogen-bond donors (Lipinski definition) is 1. The lowest BCUT2D eigenvalue weighted by Crippen LogP contribution is -2.49. The lowest BCUT2D eigenvalue weighted by molar-refractivity contribution is 0.0996. The van der Waals surface area contributed by atoms with Crippen molar-refractivity contribution in [2.45, 2.75) is 13.0 Å². The fraction of sp³-hybridized carbons (Fsp3) is 0.217. The van der Waals surface area contributed by atoms with Crippen LogP contribution in [0.15, 0.2) is 71.3 Å². The molecule has 0 bridgehead atoms. The van der Waals surface area contributed by atoms with Gasteiger partial charge in [-0.15, -0.1) is 0 Å². The molecular weight excluding hydrogens is 382 g/mol. The Morgan fingerprint density at radius 2 is 1.83 bits per heavy atom. The first-order chi connectivity index (χ1) is 14.6. The number of benzene rings is 2. The predicted octanol–water partition coefficient (Wildman–Crippen LogP) is 4.37. The summed E-state index contributed by atoms with van der Waals surface area (Å²) in [7, 11) is 1.63. The smallest absolute Gasteiger partial charge is 0.324 e. The number of nitrogens with zero attached hydrogens (tertiary/aromatic N) is 2. The molecule has 1 aromatic heterocycles. The van der Waals surface area contributed by atoms with Crippen molar-refractivity contribution in [3.63, 3.8) is 0 Å². The van der Waals surface area contributed by atoms with Gasteiger partial charge >= 0.3 is 6.03 Å². The molecule has 0 unspecified atom stereocenters. The Morgan fingerprint density at radius 1 is 1.07 bits per heavy atom. The third-order valence-electron chi connectivity index (χ3n) is 5.03. The molecule has 30 heavy (non-hydrogen) atoms. The van der Waals surface area contributed by atoms with Gasteiger partial charge in [0.1, 0.15) is 5.75 Å². The number of hydrogen-bond acceptors (Lipinski definition) is 4. The van der Waals surface area contributed by atoms with E-state index in [4.69, 9.17) is 9.15 Å². The second kappa shape index (κ2) is 8.73. The Bertz CT molecular complexity index is 998. The first-order valence-corrected chi connectivity index (χ1v) is 9.78. The van der Waals surface area contributed by atoms with Crippen LogP contribution in [-0.2, 0) is 6.54 Å². The Hall–Kier alpha value is -3.74. The molecule has 4 rings (SSSR count). The SMILES string of the molecule is COc1ccc(CN2CCCN(c3ccc(NC(=O)c4ccco4)cc3)C2=O)cc1. The Balaban J connectivity index is 1.41. The van der Waals surface area contributed by atoms with Gasteiger partial charge in [-0.25, -0.2) is 4.79 Å². The zero-order valence-corrected chi connectivity index (χ0v) is 16.7. The molecule has 0 radical (unpaired) electrons. The van der Waals surface area contributed by atoms with E-state index >= 15 is 0 Å². The highest BCUT2D eigenvalue weighted by Gasteiger charge is 2.26. The Kier molecular flexibility index (Phi) is 5.70. The van der Waals surface area contributed by atoms with Gasteiger partial charge in [0.2, 0.25) is 0 Å². The number of carbonyl (C=O) groups is 2. The first kappa shape index (κ1) is 19.6. The van der Waals surface area contributed by atoms with Gasteiger partial charge in [-0.05, 0) is 60.5 Å². The number of urea groups is 1. The standard InChI is InChI=1S/C23H23N3O4/c1-29-20-11-5-17(6-12-20)16-25-13-3-14-26(23(25)28)19-9-7-18(8-10-19)24-22(27)21-4-2-15-30-21/h2,4-12,15H,3,13-14,16H2,1H3,(H,24,27). The molecule has 1 aliphatic rings. The average Bonchev–Trinajstić information content (AvgIpc) is 3.32. The van der Waals surface area contributed by atoms with Gasteiger partial charge in [0.05, 0.1) is 13.4 Å². The van der Waals surface area contributed by atoms with Gasteiger partial charge in [0.25, 0.3) is 5.91 Å². The third-order valence-corrected chi connectivity index (χ3v) is 5.03. The minimum Gasteiger partial charge on any atom is -0.497 e. The van der Waals surface area contributed by atoms with Crippen LogP contribution in [0.1, 0.15) is 22.5 Å². The first-order valence-electron chi connectivity index (χ1n) is 9.78. The summed E-state index contributed by atoms with van der Waals surface area (Å²) < 4.78 is 10.3. The molecular formula is C23H23N3O4. The van der Waals surface area contributed by atoms with E-state index < -0.39 is 0 Å². The Morgan fingerprint density at radius 3 is 2.50 bits per heavy atom. The van der Waals surface area contributed by atoms with Crippen LogP contribution in [0.5, 0.6) is 5.75 Å². The fourth-order valence-corrected chi connectivity index (χ4v) is 3.44. The van der Waals surface area contributed by atoms with Crippen molar-refractivity contribution in [2.75, 3.05) is 30.4 Å². The molecule has 0 atom stereocenters. The van der Waals surface area contributed by atoms with Crippen LogP contribution >= 0.6 is 0 Å². The van der Waals surface area contributed by atoms with E-state index in [1.807, 2.05) is 41.3 Å². The summed E-state index contributed by atoms with van der Waals surface area (Å²) in [6.45, 7) is 1.94. The van der Waals surface area contributed by atoms with E-state index in [0.29, 0.717) is 18.8 Å². The van der Waals surface area contributed by atoms with Crippen molar-refractivity contribution < 1.29 is 18.7 Å². The summed E-state index contributed by atoms with van der Waals surface area (Å²) in [6.07, 6.45) is 2.34. The topological polar surface area (TPSA) is 75.0 Å². The van der Waals surface area contributed by atoms with E-state index in [-0.39, 0.29) is 17.7 Å². The third kappa shape index (κ3) is 4.30. The molecule has 7 heteroatoms. The van der Waals surface area contributed by atoms with Crippen molar-refractivity contribution in [3.05, 3.63) is 78.3 Å². The van der Waals surface area contributed by atoms with Gasteiger partial charge in [-0.2, -0.15) is 0 Å². The Labute approximate surface area is 174 Å². The van der Waals surface area contributed by atoms with Gasteiger partial charge in [-0.1, -0.05) is 12.1 Å². The highest BCUT2D eigenvalue weighted by atomic mass is 16.5. The van der Waals surface area contributed by atoms with E-state index in [2.05, 4.69) is 5.32 Å². The number of rotatable bonds is 6. The summed E-state index contributed by atoms with van der Waals surface area (Å²) in [5, 5.41) is 2.78. The summed E-state index contributed by atoms with van der Waals surface area (Å²) in [5.74, 6) is 0.733. The van der Waals surface area contributed by atoms with Crippen molar-refractivity contribution in [2.24, 2.45) is 0 Å². The van der Waals surface area contributed by atoms with Crippen LogP contribution in [0.3, 0.4) is 0 Å². The van der Waals surface area contributed by atoms with Gasteiger partial charge < -0.3 is 19.4 Å². The zero-order chi connectivity index (χ0) is 20.9. The maximum atomic E-state index is 13.0. The van der Waals surface area contributed by atoms with Crippen molar-refractivity contribution in [1.29, 1.82) is 0 Å². The lowest BCUT2D eigenvalue weighted by Gasteiger charge is -2.35. The molecule has 0 spiro atoms. The van der Waals surface area contributed by atoms with Crippen LogP contribution in [0, 0.1) is 0 Å². The van der Waals surface area contributed by atoms with Gasteiger partial charge in [-0.3, -0.25) is 9.69 Å². The van der Waals surface area contributed by atoms with Crippen LogP contribution in [0.2, 0.25) is 0 Å². The highest BCUT2D eigenvalue weighted by Crippen LogP contribution is 2.24. The van der Waals surface area contributed by atoms with Crippen molar-refractivity contribution in [3.8, 4) is 5.75 Å². The zero-order valence-electron chi connectivity index (χ0n) is 16.7. The summed E-state index contributed by atoms with van der Waals surface area (Å²) in [5.41, 5.74) is 2.50. The van der Waals surface area contributed by atoms with Crippen molar-refractivity contribution in [1.82, 2.24) is 4.90 Å². The molecule has 3 aromatic rings. The second-order valence-corrected chi connectivity index (χ2v) is 7.04. The molecule has 1 aliphatic heterocycles. The molecule has 1 fully saturated rings. The normalized spacial score (nSPS) is 14.0. The highest BCUT2D eigenvalue weighted by molar-refractivity contribution is 6.02. The number of anilines is 2.